The number of Topliss-reactive ketones (excluding diaryl/α,β-unsaturated/α-hetero) is 1. The number of hydrogen-bond donors (Lipinski definition) is 1. The molecule has 0 aliphatic rings. The summed E-state index contributed by atoms with van der Waals surface area (Å²) in [5.41, 5.74) is 0. The third-order valence-electron chi connectivity index (χ3n) is 2.15. The number of ketones is 1. The molecule has 1 N–H and O–H groups in total. The number of carbonyl (C=O) groups excluding carboxylic acids is 2. The molecule has 0 aromatic heterocycles. The molecule has 0 saturated heterocycles. The normalized spacial score (nSPS) is 9.86. The van der Waals surface area contributed by atoms with Crippen molar-refractivity contribution in [3.8, 4) is 0 Å². The molecule has 0 aromatic rings. The molecule has 0 atom stereocenters. The van der Waals surface area contributed by atoms with E-state index in [1.54, 1.807) is 0 Å². The van der Waals surface area contributed by atoms with Crippen LogP contribution in [0.5, 0.6) is 0 Å². The first-order chi connectivity index (χ1) is 6.66. The summed E-state index contributed by atoms with van der Waals surface area (Å²) >= 11 is 0. The van der Waals surface area contributed by atoms with Gasteiger partial charge in [0.25, 0.3) is 0 Å². The third-order valence-corrected chi connectivity index (χ3v) is 2.15. The van der Waals surface area contributed by atoms with Gasteiger partial charge in [0.05, 0.1) is 0 Å². The minimum absolute atomic E-state index is 0.0335. The number of rotatable bonds is 8. The molecule has 3 heteroatoms. The summed E-state index contributed by atoms with van der Waals surface area (Å²) in [6.07, 6.45) is 5.57. The van der Waals surface area contributed by atoms with Crippen molar-refractivity contribution in [2.75, 3.05) is 6.54 Å². The third kappa shape index (κ3) is 9.23. The lowest BCUT2D eigenvalue weighted by Gasteiger charge is -2.01. The number of amides is 1. The molecule has 0 bridgehead atoms. The minimum atomic E-state index is 0.0335. The lowest BCUT2D eigenvalue weighted by atomic mass is 10.1. The molecule has 3 nitrogen and oxygen atoms in total. The number of carbonyl (C=O) groups is 2. The quantitative estimate of drug-likeness (QED) is 0.608. The largest absolute Gasteiger partial charge is 0.356 e. The van der Waals surface area contributed by atoms with E-state index in [-0.39, 0.29) is 5.91 Å². The second-order valence-corrected chi connectivity index (χ2v) is 3.54. The average molecular weight is 199 g/mol. The van der Waals surface area contributed by atoms with E-state index in [9.17, 15) is 9.59 Å². The van der Waals surface area contributed by atoms with Gasteiger partial charge < -0.3 is 5.32 Å². The first-order valence-electron chi connectivity index (χ1n) is 5.43. The molecule has 1 amide bonds. The lowest BCUT2D eigenvalue weighted by molar-refractivity contribution is -0.119. The zero-order chi connectivity index (χ0) is 10.8. The topological polar surface area (TPSA) is 46.2 Å². The van der Waals surface area contributed by atoms with Crippen molar-refractivity contribution in [3.63, 3.8) is 0 Å². The van der Waals surface area contributed by atoms with E-state index in [1.165, 1.54) is 6.92 Å². The second kappa shape index (κ2) is 8.73. The van der Waals surface area contributed by atoms with Gasteiger partial charge in [-0.25, -0.2) is 0 Å². The van der Waals surface area contributed by atoms with Gasteiger partial charge in [-0.05, 0) is 12.8 Å². The van der Waals surface area contributed by atoms with Crippen molar-refractivity contribution in [1.82, 2.24) is 5.32 Å². The van der Waals surface area contributed by atoms with Crippen LogP contribution >= 0.6 is 0 Å². The van der Waals surface area contributed by atoms with Crippen molar-refractivity contribution < 1.29 is 9.59 Å². The molecule has 0 radical (unpaired) electrons. The molecule has 0 aliphatic carbocycles. The predicted molar refractivity (Wildman–Crippen MR) is 57.1 cm³/mol. The average Bonchev–Trinajstić information content (AvgIpc) is 2.15. The van der Waals surface area contributed by atoms with Crippen molar-refractivity contribution in [3.05, 3.63) is 0 Å². The zero-order valence-electron chi connectivity index (χ0n) is 9.27. The van der Waals surface area contributed by atoms with Crippen LogP contribution in [0.2, 0.25) is 0 Å². The summed E-state index contributed by atoms with van der Waals surface area (Å²) < 4.78 is 0. The van der Waals surface area contributed by atoms with Gasteiger partial charge in [-0.15, -0.1) is 0 Å². The fourth-order valence-electron chi connectivity index (χ4n) is 1.24. The Bertz CT molecular complexity index is 178. The molecule has 0 unspecified atom stereocenters. The SMILES string of the molecule is CCC(=O)CCCCCCNC(C)=O. The van der Waals surface area contributed by atoms with E-state index >= 15 is 0 Å². The number of hydrogen-bond acceptors (Lipinski definition) is 2. The second-order valence-electron chi connectivity index (χ2n) is 3.54. The van der Waals surface area contributed by atoms with E-state index in [0.29, 0.717) is 12.2 Å². The lowest BCUT2D eigenvalue weighted by Crippen LogP contribution is -2.20. The highest BCUT2D eigenvalue weighted by Crippen LogP contribution is 2.04. The highest BCUT2D eigenvalue weighted by molar-refractivity contribution is 5.77. The molecule has 0 heterocycles. The molecule has 0 aliphatic heterocycles. The van der Waals surface area contributed by atoms with Crippen molar-refractivity contribution in [1.29, 1.82) is 0 Å². The Morgan fingerprint density at radius 1 is 1.07 bits per heavy atom. The van der Waals surface area contributed by atoms with Crippen LogP contribution in [0.15, 0.2) is 0 Å². The summed E-state index contributed by atoms with van der Waals surface area (Å²) in [5.74, 6) is 0.387. The predicted octanol–water partition coefficient (Wildman–Crippen LogP) is 2.05. The number of unbranched alkanes of at least 4 members (excludes halogenated alkanes) is 3. The van der Waals surface area contributed by atoms with Crippen molar-refractivity contribution in [2.45, 2.75) is 52.4 Å². The molecule has 82 valence electrons. The van der Waals surface area contributed by atoms with Gasteiger partial charge in [-0.2, -0.15) is 0 Å². The first kappa shape index (κ1) is 13.1. The van der Waals surface area contributed by atoms with Gasteiger partial charge in [0.2, 0.25) is 5.91 Å². The van der Waals surface area contributed by atoms with Crippen LogP contribution in [0.25, 0.3) is 0 Å². The van der Waals surface area contributed by atoms with Crippen LogP contribution in [0.1, 0.15) is 52.4 Å². The molecular formula is C11H21NO2. The van der Waals surface area contributed by atoms with Crippen LogP contribution in [0.3, 0.4) is 0 Å². The van der Waals surface area contributed by atoms with Gasteiger partial charge in [0, 0.05) is 26.3 Å². The maximum absolute atomic E-state index is 10.9. The van der Waals surface area contributed by atoms with Crippen molar-refractivity contribution >= 4 is 11.7 Å². The van der Waals surface area contributed by atoms with E-state index in [4.69, 9.17) is 0 Å². The minimum Gasteiger partial charge on any atom is -0.356 e. The van der Waals surface area contributed by atoms with Crippen LogP contribution in [0, 0.1) is 0 Å². The van der Waals surface area contributed by atoms with E-state index in [0.717, 1.165) is 38.6 Å². The van der Waals surface area contributed by atoms with Gasteiger partial charge in [-0.1, -0.05) is 19.8 Å². The molecule has 0 saturated carbocycles. The monoisotopic (exact) mass is 199 g/mol. The smallest absolute Gasteiger partial charge is 0.216 e. The molecule has 0 rings (SSSR count). The van der Waals surface area contributed by atoms with Crippen LogP contribution in [-0.4, -0.2) is 18.2 Å². The summed E-state index contributed by atoms with van der Waals surface area (Å²) in [4.78, 5) is 21.4. The van der Waals surface area contributed by atoms with Gasteiger partial charge in [-0.3, -0.25) is 9.59 Å². The van der Waals surface area contributed by atoms with Gasteiger partial charge >= 0.3 is 0 Å². The Labute approximate surface area is 86.3 Å². The standard InChI is InChI=1S/C11H21NO2/c1-3-11(14)8-6-4-5-7-9-12-10(2)13/h3-9H2,1-2H3,(H,12,13). The Morgan fingerprint density at radius 3 is 2.29 bits per heavy atom. The highest BCUT2D eigenvalue weighted by atomic mass is 16.1. The van der Waals surface area contributed by atoms with E-state index in [2.05, 4.69) is 5.32 Å². The maximum Gasteiger partial charge on any atom is 0.216 e. The maximum atomic E-state index is 10.9. The Hall–Kier alpha value is -0.860. The fourth-order valence-corrected chi connectivity index (χ4v) is 1.24. The summed E-state index contributed by atoms with van der Waals surface area (Å²) in [7, 11) is 0. The Kier molecular flexibility index (Phi) is 8.19. The molecule has 14 heavy (non-hydrogen) atoms. The van der Waals surface area contributed by atoms with Gasteiger partial charge in [0.1, 0.15) is 5.78 Å². The first-order valence-corrected chi connectivity index (χ1v) is 5.43. The summed E-state index contributed by atoms with van der Waals surface area (Å²) in [5, 5.41) is 2.75. The van der Waals surface area contributed by atoms with Crippen LogP contribution < -0.4 is 5.32 Å². The fraction of sp³-hybridized carbons (Fsp3) is 0.818. The molecule has 0 fully saturated rings. The highest BCUT2D eigenvalue weighted by Gasteiger charge is 1.97. The van der Waals surface area contributed by atoms with E-state index in [1.807, 2.05) is 6.92 Å². The molecule has 0 aromatic carbocycles. The number of nitrogens with one attached hydrogen (secondary N) is 1. The summed E-state index contributed by atoms with van der Waals surface area (Å²) in [6, 6.07) is 0. The Morgan fingerprint density at radius 2 is 1.71 bits per heavy atom. The molecular weight excluding hydrogens is 178 g/mol. The Balaban J connectivity index is 3.06. The zero-order valence-corrected chi connectivity index (χ0v) is 9.27. The molecule has 0 spiro atoms. The van der Waals surface area contributed by atoms with Crippen LogP contribution in [-0.2, 0) is 9.59 Å². The van der Waals surface area contributed by atoms with E-state index < -0.39 is 0 Å². The van der Waals surface area contributed by atoms with Crippen molar-refractivity contribution in [2.24, 2.45) is 0 Å². The van der Waals surface area contributed by atoms with Crippen LogP contribution in [0.4, 0.5) is 0 Å². The van der Waals surface area contributed by atoms with Gasteiger partial charge in [0.15, 0.2) is 0 Å². The summed E-state index contributed by atoms with van der Waals surface area (Å²) in [6.45, 7) is 4.19.